The molecule has 2 aromatic carbocycles. The summed E-state index contributed by atoms with van der Waals surface area (Å²) in [4.78, 5) is 17.2. The highest BCUT2D eigenvalue weighted by molar-refractivity contribution is 6.02. The van der Waals surface area contributed by atoms with Gasteiger partial charge in [0.2, 0.25) is 0 Å². The molecule has 30 heavy (non-hydrogen) atoms. The van der Waals surface area contributed by atoms with Gasteiger partial charge in [-0.1, -0.05) is 48.5 Å². The molecule has 1 unspecified atom stereocenters. The first-order valence-corrected chi connectivity index (χ1v) is 10.4. The average Bonchev–Trinajstić information content (AvgIpc) is 2.97. The monoisotopic (exact) mass is 401 g/mol. The molecule has 2 heterocycles. The first kappa shape index (κ1) is 20.0. The van der Waals surface area contributed by atoms with Crippen molar-refractivity contribution in [1.29, 1.82) is 0 Å². The minimum Gasteiger partial charge on any atom is -0.354 e. The van der Waals surface area contributed by atoms with Crippen LogP contribution in [0.25, 0.3) is 0 Å². The number of rotatable bonds is 5. The summed E-state index contributed by atoms with van der Waals surface area (Å²) in [5.41, 5.74) is 2.40. The summed E-state index contributed by atoms with van der Waals surface area (Å²) in [6, 6.07) is 24.1. The van der Waals surface area contributed by atoms with Gasteiger partial charge in [0.15, 0.2) is 11.5 Å². The molecule has 1 saturated heterocycles. The number of hydrogen-bond donors (Lipinski definition) is 1. The van der Waals surface area contributed by atoms with Crippen LogP contribution in [0.2, 0.25) is 0 Å². The maximum Gasteiger partial charge on any atom is 0.276 e. The minimum absolute atomic E-state index is 0.251. The van der Waals surface area contributed by atoms with Crippen molar-refractivity contribution in [2.75, 3.05) is 29.9 Å². The summed E-state index contributed by atoms with van der Waals surface area (Å²) in [6.45, 7) is 6.03. The zero-order valence-corrected chi connectivity index (χ0v) is 17.2. The first-order valence-electron chi connectivity index (χ1n) is 10.4. The van der Waals surface area contributed by atoms with Crippen LogP contribution in [0.1, 0.15) is 29.4 Å². The van der Waals surface area contributed by atoms with Gasteiger partial charge >= 0.3 is 0 Å². The molecule has 1 fully saturated rings. The summed E-state index contributed by atoms with van der Waals surface area (Å²) < 4.78 is 0. The molecule has 0 spiro atoms. The third-order valence-electron chi connectivity index (χ3n) is 5.56. The Labute approximate surface area is 177 Å². The van der Waals surface area contributed by atoms with Crippen LogP contribution >= 0.6 is 0 Å². The second-order valence-electron chi connectivity index (χ2n) is 7.68. The second kappa shape index (κ2) is 9.50. The Balaban J connectivity index is 1.37. The molecule has 0 bridgehead atoms. The van der Waals surface area contributed by atoms with E-state index in [0.29, 0.717) is 11.7 Å². The highest BCUT2D eigenvalue weighted by Crippen LogP contribution is 2.19. The lowest BCUT2D eigenvalue weighted by Gasteiger charge is -2.26. The van der Waals surface area contributed by atoms with Gasteiger partial charge in [-0.25, -0.2) is 0 Å². The van der Waals surface area contributed by atoms with E-state index in [1.54, 1.807) is 6.07 Å². The van der Waals surface area contributed by atoms with Crippen molar-refractivity contribution in [3.05, 3.63) is 84.1 Å². The molecule has 1 aromatic heterocycles. The number of anilines is 2. The molecular weight excluding hydrogens is 374 g/mol. The Hall–Kier alpha value is -3.25. The largest absolute Gasteiger partial charge is 0.354 e. The zero-order chi connectivity index (χ0) is 20.8. The van der Waals surface area contributed by atoms with Gasteiger partial charge in [0, 0.05) is 37.9 Å². The van der Waals surface area contributed by atoms with Crippen molar-refractivity contribution in [3.8, 4) is 0 Å². The first-order chi connectivity index (χ1) is 14.7. The Morgan fingerprint density at radius 2 is 1.67 bits per heavy atom. The van der Waals surface area contributed by atoms with Gasteiger partial charge in [-0.3, -0.25) is 9.69 Å². The fourth-order valence-corrected chi connectivity index (χ4v) is 3.72. The molecule has 1 amide bonds. The van der Waals surface area contributed by atoms with E-state index in [1.165, 1.54) is 5.56 Å². The van der Waals surface area contributed by atoms with E-state index in [-0.39, 0.29) is 5.91 Å². The van der Waals surface area contributed by atoms with E-state index in [2.05, 4.69) is 62.6 Å². The third-order valence-corrected chi connectivity index (χ3v) is 5.56. The molecule has 154 valence electrons. The molecule has 1 atom stereocenters. The third kappa shape index (κ3) is 5.02. The molecule has 6 heteroatoms. The summed E-state index contributed by atoms with van der Waals surface area (Å²) >= 11 is 0. The van der Waals surface area contributed by atoms with Crippen LogP contribution in [0.5, 0.6) is 0 Å². The van der Waals surface area contributed by atoms with E-state index >= 15 is 0 Å². The summed E-state index contributed by atoms with van der Waals surface area (Å²) in [6.07, 6.45) is 1.06. The number of carbonyl (C=O) groups is 1. The van der Waals surface area contributed by atoms with Gasteiger partial charge in [0.25, 0.3) is 5.91 Å². The van der Waals surface area contributed by atoms with E-state index in [9.17, 15) is 4.79 Å². The average molecular weight is 402 g/mol. The predicted octanol–water partition coefficient (Wildman–Crippen LogP) is 3.83. The Bertz CT molecular complexity index is 946. The Morgan fingerprint density at radius 1 is 0.933 bits per heavy atom. The lowest BCUT2D eigenvalue weighted by Crippen LogP contribution is -2.34. The minimum atomic E-state index is -0.251. The maximum absolute atomic E-state index is 12.4. The lowest BCUT2D eigenvalue weighted by atomic mass is 10.1. The summed E-state index contributed by atoms with van der Waals surface area (Å²) in [5.74, 6) is 0.568. The normalized spacial score (nSPS) is 17.4. The van der Waals surface area contributed by atoms with Crippen LogP contribution in [0.3, 0.4) is 0 Å². The van der Waals surface area contributed by atoms with Gasteiger partial charge in [-0.2, -0.15) is 0 Å². The number of nitrogens with zero attached hydrogens (tertiary/aromatic N) is 4. The van der Waals surface area contributed by atoms with Crippen molar-refractivity contribution in [2.24, 2.45) is 0 Å². The maximum atomic E-state index is 12.4. The second-order valence-corrected chi connectivity index (χ2v) is 7.68. The van der Waals surface area contributed by atoms with Crippen molar-refractivity contribution >= 4 is 17.4 Å². The van der Waals surface area contributed by atoms with Gasteiger partial charge in [0.05, 0.1) is 0 Å². The van der Waals surface area contributed by atoms with Gasteiger partial charge in [-0.15, -0.1) is 10.2 Å². The van der Waals surface area contributed by atoms with Crippen molar-refractivity contribution < 1.29 is 4.79 Å². The number of carbonyl (C=O) groups excluding carboxylic acids is 1. The lowest BCUT2D eigenvalue weighted by molar-refractivity contribution is 0.102. The van der Waals surface area contributed by atoms with Gasteiger partial charge < -0.3 is 10.2 Å². The highest BCUT2D eigenvalue weighted by atomic mass is 16.1. The van der Waals surface area contributed by atoms with Crippen LogP contribution in [-0.2, 0) is 6.54 Å². The van der Waals surface area contributed by atoms with E-state index in [1.807, 2.05) is 36.4 Å². The molecule has 1 N–H and O–H groups in total. The highest BCUT2D eigenvalue weighted by Gasteiger charge is 2.22. The molecule has 4 rings (SSSR count). The molecule has 0 saturated carbocycles. The summed E-state index contributed by atoms with van der Waals surface area (Å²) in [5, 5.41) is 11.3. The standard InChI is InChI=1S/C24H27N5O/c1-19-14-15-28(16-17-29(19)18-20-8-4-2-5-9-20)23-13-12-22(26-27-23)24(30)25-21-10-6-3-7-11-21/h2-13,19H,14-18H2,1H3,(H,25,30). The fourth-order valence-electron chi connectivity index (χ4n) is 3.72. The Morgan fingerprint density at radius 3 is 2.37 bits per heavy atom. The smallest absolute Gasteiger partial charge is 0.276 e. The fraction of sp³-hybridized carbons (Fsp3) is 0.292. The number of para-hydroxylation sites is 1. The van der Waals surface area contributed by atoms with Gasteiger partial charge in [0.1, 0.15) is 0 Å². The van der Waals surface area contributed by atoms with Crippen LogP contribution in [-0.4, -0.2) is 46.7 Å². The predicted molar refractivity (Wildman–Crippen MR) is 120 cm³/mol. The topological polar surface area (TPSA) is 61.4 Å². The van der Waals surface area contributed by atoms with Crippen LogP contribution in [0.4, 0.5) is 11.5 Å². The number of benzene rings is 2. The van der Waals surface area contributed by atoms with E-state index < -0.39 is 0 Å². The van der Waals surface area contributed by atoms with Gasteiger partial charge in [-0.05, 0) is 43.2 Å². The molecule has 1 aliphatic rings. The number of hydrogen-bond acceptors (Lipinski definition) is 5. The zero-order valence-electron chi connectivity index (χ0n) is 17.2. The molecule has 0 radical (unpaired) electrons. The van der Waals surface area contributed by atoms with Crippen LogP contribution in [0.15, 0.2) is 72.8 Å². The number of aromatic nitrogens is 2. The quantitative estimate of drug-likeness (QED) is 0.704. The summed E-state index contributed by atoms with van der Waals surface area (Å²) in [7, 11) is 0. The SMILES string of the molecule is CC1CCN(c2ccc(C(=O)Nc3ccccc3)nn2)CCN1Cc1ccccc1. The van der Waals surface area contributed by atoms with Crippen LogP contribution < -0.4 is 10.2 Å². The number of nitrogens with one attached hydrogen (secondary N) is 1. The van der Waals surface area contributed by atoms with E-state index in [4.69, 9.17) is 0 Å². The van der Waals surface area contributed by atoms with Crippen LogP contribution in [0, 0.1) is 0 Å². The molecule has 0 aliphatic carbocycles. The van der Waals surface area contributed by atoms with Crippen molar-refractivity contribution in [3.63, 3.8) is 0 Å². The molecular formula is C24H27N5O. The molecule has 1 aliphatic heterocycles. The van der Waals surface area contributed by atoms with Crippen molar-refractivity contribution in [2.45, 2.75) is 25.9 Å². The number of amides is 1. The molecule has 3 aromatic rings. The van der Waals surface area contributed by atoms with Crippen molar-refractivity contribution in [1.82, 2.24) is 15.1 Å². The Kier molecular flexibility index (Phi) is 6.35. The molecule has 6 nitrogen and oxygen atoms in total. The van der Waals surface area contributed by atoms with E-state index in [0.717, 1.165) is 44.1 Å².